The summed E-state index contributed by atoms with van der Waals surface area (Å²) in [5, 5.41) is 0. The molecular weight excluding hydrogens is 188 g/mol. The second kappa shape index (κ2) is 3.49. The molecule has 0 atom stereocenters. The van der Waals surface area contributed by atoms with E-state index in [9.17, 15) is 8.78 Å². The first-order chi connectivity index (χ1) is 6.77. The first-order valence-electron chi connectivity index (χ1n) is 3.94. The molecule has 0 unspecified atom stereocenters. The van der Waals surface area contributed by atoms with Gasteiger partial charge in [0.15, 0.2) is 11.6 Å². The summed E-state index contributed by atoms with van der Waals surface area (Å²) in [7, 11) is 0. The Kier molecular flexibility index (Phi) is 2.18. The van der Waals surface area contributed by atoms with Crippen LogP contribution in [0, 0.1) is 17.7 Å². The van der Waals surface area contributed by atoms with Gasteiger partial charge in [-0.05, 0) is 18.2 Å². The van der Waals surface area contributed by atoms with Crippen LogP contribution in [-0.2, 0) is 0 Å². The zero-order valence-corrected chi connectivity index (χ0v) is 7.08. The van der Waals surface area contributed by atoms with Gasteiger partial charge in [0.2, 0.25) is 5.82 Å². The lowest BCUT2D eigenvalue weighted by atomic mass is 10.3. The molecule has 71 valence electrons. The molecule has 2 aromatic rings. The molecule has 14 heavy (non-hydrogen) atoms. The van der Waals surface area contributed by atoms with Crippen molar-refractivity contribution in [2.24, 2.45) is 0 Å². The van der Waals surface area contributed by atoms with E-state index in [1.54, 1.807) is 6.07 Å². The van der Waals surface area contributed by atoms with Gasteiger partial charge < -0.3 is 4.84 Å². The molecule has 1 aromatic carbocycles. The van der Waals surface area contributed by atoms with Crippen molar-refractivity contribution in [1.82, 2.24) is 4.73 Å². The number of aromatic nitrogens is 1. The molecule has 1 radical (unpaired) electrons. The fourth-order valence-corrected chi connectivity index (χ4v) is 1.00. The Morgan fingerprint density at radius 2 is 2.14 bits per heavy atom. The largest absolute Gasteiger partial charge is 0.373 e. The third kappa shape index (κ3) is 1.59. The molecule has 0 fully saturated rings. The van der Waals surface area contributed by atoms with Gasteiger partial charge in [0.25, 0.3) is 0 Å². The van der Waals surface area contributed by atoms with Crippen molar-refractivity contribution in [1.29, 1.82) is 0 Å². The smallest absolute Gasteiger partial charge is 0.203 e. The van der Waals surface area contributed by atoms with Crippen LogP contribution >= 0.6 is 0 Å². The minimum atomic E-state index is -0.999. The Balaban J connectivity index is 2.29. The van der Waals surface area contributed by atoms with E-state index in [1.165, 1.54) is 29.3 Å². The van der Waals surface area contributed by atoms with Gasteiger partial charge in [-0.3, -0.25) is 0 Å². The van der Waals surface area contributed by atoms with Crippen molar-refractivity contribution in [3.8, 4) is 5.75 Å². The molecule has 2 nitrogen and oxygen atoms in total. The predicted octanol–water partition coefficient (Wildman–Crippen LogP) is 2.41. The molecular formula is C10H6F2NO. The number of hydrogen-bond acceptors (Lipinski definition) is 1. The van der Waals surface area contributed by atoms with Gasteiger partial charge in [-0.25, -0.2) is 4.39 Å². The maximum atomic E-state index is 13.1. The van der Waals surface area contributed by atoms with E-state index in [1.807, 2.05) is 0 Å². The van der Waals surface area contributed by atoms with Crippen LogP contribution in [0.4, 0.5) is 8.78 Å². The van der Waals surface area contributed by atoms with Crippen molar-refractivity contribution >= 4 is 0 Å². The number of benzene rings is 1. The van der Waals surface area contributed by atoms with Gasteiger partial charge in [-0.15, -0.1) is 0 Å². The summed E-state index contributed by atoms with van der Waals surface area (Å²) in [4.78, 5) is 5.00. The molecule has 0 amide bonds. The van der Waals surface area contributed by atoms with E-state index >= 15 is 0 Å². The van der Waals surface area contributed by atoms with E-state index < -0.39 is 11.6 Å². The van der Waals surface area contributed by atoms with Crippen LogP contribution in [0.2, 0.25) is 0 Å². The van der Waals surface area contributed by atoms with E-state index in [2.05, 4.69) is 6.07 Å². The van der Waals surface area contributed by atoms with Crippen molar-refractivity contribution in [2.45, 2.75) is 0 Å². The standard InChI is InChI=1S/C10H6F2NO/c11-8-4-3-5-9(10(8)12)14-13-6-1-2-7-13/h1,3-7H. The van der Waals surface area contributed by atoms with Crippen molar-refractivity contribution in [3.05, 3.63) is 54.4 Å². The Bertz CT molecular complexity index is 426. The van der Waals surface area contributed by atoms with Gasteiger partial charge in [-0.1, -0.05) is 6.07 Å². The minimum absolute atomic E-state index is 0.158. The van der Waals surface area contributed by atoms with Crippen molar-refractivity contribution in [2.75, 3.05) is 0 Å². The monoisotopic (exact) mass is 194 g/mol. The maximum Gasteiger partial charge on any atom is 0.203 e. The summed E-state index contributed by atoms with van der Waals surface area (Å²) in [6.45, 7) is 0. The molecule has 0 bridgehead atoms. The third-order valence-electron chi connectivity index (χ3n) is 1.64. The summed E-state index contributed by atoms with van der Waals surface area (Å²) < 4.78 is 27.0. The first-order valence-corrected chi connectivity index (χ1v) is 3.94. The highest BCUT2D eigenvalue weighted by Crippen LogP contribution is 2.19. The number of halogens is 2. The topological polar surface area (TPSA) is 14.2 Å². The highest BCUT2D eigenvalue weighted by molar-refractivity contribution is 5.24. The molecule has 0 aliphatic carbocycles. The summed E-state index contributed by atoms with van der Waals surface area (Å²) >= 11 is 0. The molecule has 4 heteroatoms. The minimum Gasteiger partial charge on any atom is -0.373 e. The fraction of sp³-hybridized carbons (Fsp3) is 0. The van der Waals surface area contributed by atoms with Gasteiger partial charge in [0.1, 0.15) is 0 Å². The number of hydrogen-bond donors (Lipinski definition) is 0. The first kappa shape index (κ1) is 8.74. The van der Waals surface area contributed by atoms with Gasteiger partial charge in [0, 0.05) is 12.3 Å². The lowest BCUT2D eigenvalue weighted by Gasteiger charge is -2.06. The Morgan fingerprint density at radius 1 is 1.29 bits per heavy atom. The van der Waals surface area contributed by atoms with Crippen LogP contribution in [0.5, 0.6) is 5.75 Å². The molecule has 0 N–H and O–H groups in total. The zero-order chi connectivity index (χ0) is 9.97. The normalized spacial score (nSPS) is 10.1. The Labute approximate surface area is 79.3 Å². The number of rotatable bonds is 2. The average molecular weight is 194 g/mol. The molecule has 2 rings (SSSR count). The second-order valence-corrected chi connectivity index (χ2v) is 2.61. The van der Waals surface area contributed by atoms with Crippen molar-refractivity contribution < 1.29 is 13.6 Å². The molecule has 0 aliphatic rings. The average Bonchev–Trinajstić information content (AvgIpc) is 2.66. The maximum absolute atomic E-state index is 13.1. The molecule has 0 saturated heterocycles. The fourth-order valence-electron chi connectivity index (χ4n) is 1.00. The van der Waals surface area contributed by atoms with Crippen LogP contribution in [0.15, 0.2) is 36.7 Å². The Hall–Kier alpha value is -1.84. The molecule has 0 spiro atoms. The summed E-state index contributed by atoms with van der Waals surface area (Å²) in [5.41, 5.74) is 0. The highest BCUT2D eigenvalue weighted by Gasteiger charge is 2.08. The molecule has 0 aliphatic heterocycles. The SMILES string of the molecule is Fc1cccc(On2c[c]cc2)c1F. The van der Waals surface area contributed by atoms with E-state index in [4.69, 9.17) is 4.84 Å². The summed E-state index contributed by atoms with van der Waals surface area (Å²) in [6.07, 6.45) is 2.99. The third-order valence-corrected chi connectivity index (χ3v) is 1.64. The van der Waals surface area contributed by atoms with Crippen molar-refractivity contribution in [3.63, 3.8) is 0 Å². The van der Waals surface area contributed by atoms with E-state index in [0.29, 0.717) is 0 Å². The summed E-state index contributed by atoms with van der Waals surface area (Å²) in [6, 6.07) is 8.05. The van der Waals surface area contributed by atoms with E-state index in [0.717, 1.165) is 6.07 Å². The van der Waals surface area contributed by atoms with Crippen LogP contribution in [-0.4, -0.2) is 4.73 Å². The molecule has 1 heterocycles. The quantitative estimate of drug-likeness (QED) is 0.716. The lowest BCUT2D eigenvalue weighted by molar-refractivity contribution is 0.203. The lowest BCUT2D eigenvalue weighted by Crippen LogP contribution is -2.03. The number of nitrogens with zero attached hydrogens (tertiary/aromatic N) is 1. The highest BCUT2D eigenvalue weighted by atomic mass is 19.2. The van der Waals surface area contributed by atoms with Gasteiger partial charge >= 0.3 is 0 Å². The molecule has 1 aromatic heterocycles. The van der Waals surface area contributed by atoms with E-state index in [-0.39, 0.29) is 5.75 Å². The second-order valence-electron chi connectivity index (χ2n) is 2.61. The summed E-state index contributed by atoms with van der Waals surface area (Å²) in [5.74, 6) is -2.09. The molecule has 0 saturated carbocycles. The van der Waals surface area contributed by atoms with Gasteiger partial charge in [0.05, 0.1) is 6.20 Å². The van der Waals surface area contributed by atoms with Crippen LogP contribution in [0.1, 0.15) is 0 Å². The van der Waals surface area contributed by atoms with Crippen LogP contribution in [0.25, 0.3) is 0 Å². The van der Waals surface area contributed by atoms with Gasteiger partial charge in [-0.2, -0.15) is 9.12 Å². The van der Waals surface area contributed by atoms with Crippen LogP contribution in [0.3, 0.4) is 0 Å². The van der Waals surface area contributed by atoms with Crippen LogP contribution < -0.4 is 4.84 Å². The zero-order valence-electron chi connectivity index (χ0n) is 7.08. The Morgan fingerprint density at radius 3 is 2.86 bits per heavy atom. The predicted molar refractivity (Wildman–Crippen MR) is 45.7 cm³/mol.